The molecule has 2 rings (SSSR count). The van der Waals surface area contributed by atoms with Gasteiger partial charge in [-0.3, -0.25) is 4.99 Å². The van der Waals surface area contributed by atoms with Gasteiger partial charge in [0.1, 0.15) is 11.5 Å². The number of aliphatic imine (C=N–C) groups is 1. The van der Waals surface area contributed by atoms with E-state index >= 15 is 0 Å². The van der Waals surface area contributed by atoms with E-state index in [0.717, 1.165) is 42.5 Å². The summed E-state index contributed by atoms with van der Waals surface area (Å²) >= 11 is 0. The van der Waals surface area contributed by atoms with Crippen LogP contribution >= 0.6 is 0 Å². The summed E-state index contributed by atoms with van der Waals surface area (Å²) in [5.74, 6) is 2.48. The average molecular weight is 341 g/mol. The lowest BCUT2D eigenvalue weighted by Gasteiger charge is -2.14. The number of nitrogens with zero attached hydrogens (tertiary/aromatic N) is 1. The SMILES string of the molecule is CN=C(NCCc1cc(OC)ccc1OC)NCc1ccccc1C. The molecule has 0 amide bonds. The highest BCUT2D eigenvalue weighted by Gasteiger charge is 2.06. The maximum absolute atomic E-state index is 5.42. The molecule has 0 fully saturated rings. The first kappa shape index (κ1) is 18.6. The van der Waals surface area contributed by atoms with Crippen LogP contribution in [0.3, 0.4) is 0 Å². The molecule has 0 atom stereocenters. The standard InChI is InChI=1S/C20H27N3O2/c1-15-7-5-6-8-17(15)14-23-20(21-2)22-12-11-16-13-18(24-3)9-10-19(16)25-4/h5-10,13H,11-12,14H2,1-4H3,(H2,21,22,23). The zero-order chi connectivity index (χ0) is 18.1. The van der Waals surface area contributed by atoms with E-state index in [2.05, 4.69) is 40.7 Å². The number of hydrogen-bond donors (Lipinski definition) is 2. The molecule has 0 aromatic heterocycles. The Labute approximate surface area is 150 Å². The predicted molar refractivity (Wildman–Crippen MR) is 103 cm³/mol. The first-order valence-corrected chi connectivity index (χ1v) is 8.38. The molecule has 134 valence electrons. The number of rotatable bonds is 7. The number of hydrogen-bond acceptors (Lipinski definition) is 3. The number of aryl methyl sites for hydroxylation is 1. The van der Waals surface area contributed by atoms with E-state index in [1.165, 1.54) is 11.1 Å². The van der Waals surface area contributed by atoms with E-state index < -0.39 is 0 Å². The fourth-order valence-electron chi connectivity index (χ4n) is 2.60. The summed E-state index contributed by atoms with van der Waals surface area (Å²) in [5.41, 5.74) is 3.63. The zero-order valence-electron chi connectivity index (χ0n) is 15.4. The maximum Gasteiger partial charge on any atom is 0.191 e. The maximum atomic E-state index is 5.42. The van der Waals surface area contributed by atoms with Gasteiger partial charge in [-0.25, -0.2) is 0 Å². The third-order valence-electron chi connectivity index (χ3n) is 4.11. The largest absolute Gasteiger partial charge is 0.497 e. The number of methoxy groups -OCH3 is 2. The Kier molecular flexibility index (Phi) is 7.14. The Morgan fingerprint density at radius 2 is 1.80 bits per heavy atom. The van der Waals surface area contributed by atoms with Gasteiger partial charge in [0, 0.05) is 20.1 Å². The van der Waals surface area contributed by atoms with Gasteiger partial charge in [-0.1, -0.05) is 24.3 Å². The molecule has 0 spiro atoms. The molecule has 5 nitrogen and oxygen atoms in total. The minimum Gasteiger partial charge on any atom is -0.497 e. The van der Waals surface area contributed by atoms with Crippen LogP contribution in [0.2, 0.25) is 0 Å². The second kappa shape index (κ2) is 9.57. The predicted octanol–water partition coefficient (Wildman–Crippen LogP) is 2.92. The van der Waals surface area contributed by atoms with Gasteiger partial charge in [0.2, 0.25) is 0 Å². The van der Waals surface area contributed by atoms with Crippen LogP contribution in [0.4, 0.5) is 0 Å². The molecular formula is C20H27N3O2. The average Bonchev–Trinajstić information content (AvgIpc) is 2.65. The lowest BCUT2D eigenvalue weighted by Crippen LogP contribution is -2.38. The van der Waals surface area contributed by atoms with Crippen molar-refractivity contribution in [2.24, 2.45) is 4.99 Å². The molecule has 25 heavy (non-hydrogen) atoms. The van der Waals surface area contributed by atoms with E-state index in [1.54, 1.807) is 21.3 Å². The van der Waals surface area contributed by atoms with Crippen molar-refractivity contribution in [3.8, 4) is 11.5 Å². The normalized spacial score (nSPS) is 11.1. The molecule has 0 aliphatic carbocycles. The molecule has 2 N–H and O–H groups in total. The van der Waals surface area contributed by atoms with Crippen molar-refractivity contribution in [2.45, 2.75) is 19.9 Å². The molecule has 0 aliphatic heterocycles. The molecule has 0 radical (unpaired) electrons. The van der Waals surface area contributed by atoms with Crippen LogP contribution in [-0.2, 0) is 13.0 Å². The van der Waals surface area contributed by atoms with E-state index in [0.29, 0.717) is 0 Å². The molecule has 5 heteroatoms. The number of benzene rings is 2. The first-order chi connectivity index (χ1) is 12.2. The summed E-state index contributed by atoms with van der Waals surface area (Å²) in [7, 11) is 5.13. The van der Waals surface area contributed by atoms with E-state index in [1.807, 2.05) is 24.3 Å². The Balaban J connectivity index is 1.88. The second-order valence-electron chi connectivity index (χ2n) is 5.71. The molecule has 0 saturated heterocycles. The van der Waals surface area contributed by atoms with Gasteiger partial charge in [-0.05, 0) is 48.2 Å². The van der Waals surface area contributed by atoms with Gasteiger partial charge < -0.3 is 20.1 Å². The molecule has 0 heterocycles. The van der Waals surface area contributed by atoms with Crippen LogP contribution in [0.15, 0.2) is 47.5 Å². The summed E-state index contributed by atoms with van der Waals surface area (Å²) in [6.07, 6.45) is 0.811. The summed E-state index contributed by atoms with van der Waals surface area (Å²) in [6.45, 7) is 3.61. The van der Waals surface area contributed by atoms with Gasteiger partial charge in [-0.15, -0.1) is 0 Å². The molecule has 0 unspecified atom stereocenters. The Hall–Kier alpha value is -2.69. The van der Waals surface area contributed by atoms with Crippen molar-refractivity contribution in [3.05, 3.63) is 59.2 Å². The van der Waals surface area contributed by atoms with Crippen LogP contribution in [0.25, 0.3) is 0 Å². The van der Waals surface area contributed by atoms with Crippen molar-refractivity contribution in [3.63, 3.8) is 0 Å². The molecule has 2 aromatic carbocycles. The minimum atomic E-state index is 0.745. The smallest absolute Gasteiger partial charge is 0.191 e. The van der Waals surface area contributed by atoms with Gasteiger partial charge in [0.05, 0.1) is 14.2 Å². The fourth-order valence-corrected chi connectivity index (χ4v) is 2.60. The monoisotopic (exact) mass is 341 g/mol. The Morgan fingerprint density at radius 3 is 2.48 bits per heavy atom. The third kappa shape index (κ3) is 5.41. The van der Waals surface area contributed by atoms with E-state index in [-0.39, 0.29) is 0 Å². The minimum absolute atomic E-state index is 0.745. The van der Waals surface area contributed by atoms with Crippen molar-refractivity contribution in [1.82, 2.24) is 10.6 Å². The van der Waals surface area contributed by atoms with E-state index in [9.17, 15) is 0 Å². The molecule has 2 aromatic rings. The Morgan fingerprint density at radius 1 is 1.00 bits per heavy atom. The Bertz CT molecular complexity index is 714. The summed E-state index contributed by atoms with van der Waals surface area (Å²) < 4.78 is 10.7. The van der Waals surface area contributed by atoms with Gasteiger partial charge in [-0.2, -0.15) is 0 Å². The van der Waals surface area contributed by atoms with Crippen LogP contribution in [0.1, 0.15) is 16.7 Å². The lowest BCUT2D eigenvalue weighted by molar-refractivity contribution is 0.398. The van der Waals surface area contributed by atoms with Crippen LogP contribution < -0.4 is 20.1 Å². The zero-order valence-corrected chi connectivity index (χ0v) is 15.4. The molecule has 0 bridgehead atoms. The summed E-state index contributed by atoms with van der Waals surface area (Å²) in [5, 5.41) is 6.69. The molecule has 0 saturated carbocycles. The van der Waals surface area contributed by atoms with Crippen LogP contribution in [0, 0.1) is 6.92 Å². The fraction of sp³-hybridized carbons (Fsp3) is 0.350. The third-order valence-corrected chi connectivity index (χ3v) is 4.11. The summed E-state index contributed by atoms with van der Waals surface area (Å²) in [6, 6.07) is 14.2. The first-order valence-electron chi connectivity index (χ1n) is 8.38. The quantitative estimate of drug-likeness (QED) is 0.601. The van der Waals surface area contributed by atoms with Gasteiger partial charge in [0.15, 0.2) is 5.96 Å². The van der Waals surface area contributed by atoms with Crippen molar-refractivity contribution in [1.29, 1.82) is 0 Å². The van der Waals surface area contributed by atoms with Crippen LogP contribution in [0.5, 0.6) is 11.5 Å². The molecule has 0 aliphatic rings. The van der Waals surface area contributed by atoms with Gasteiger partial charge in [0.25, 0.3) is 0 Å². The highest BCUT2D eigenvalue weighted by molar-refractivity contribution is 5.79. The number of nitrogens with one attached hydrogen (secondary N) is 2. The van der Waals surface area contributed by atoms with Crippen LogP contribution in [-0.4, -0.2) is 33.8 Å². The molecular weight excluding hydrogens is 314 g/mol. The highest BCUT2D eigenvalue weighted by atomic mass is 16.5. The topological polar surface area (TPSA) is 54.9 Å². The van der Waals surface area contributed by atoms with Crippen molar-refractivity contribution in [2.75, 3.05) is 27.8 Å². The van der Waals surface area contributed by atoms with Gasteiger partial charge >= 0.3 is 0 Å². The summed E-state index contributed by atoms with van der Waals surface area (Å²) in [4.78, 5) is 4.28. The van der Waals surface area contributed by atoms with Crippen molar-refractivity contribution >= 4 is 5.96 Å². The number of ether oxygens (including phenoxy) is 2. The lowest BCUT2D eigenvalue weighted by atomic mass is 10.1. The van der Waals surface area contributed by atoms with Crippen molar-refractivity contribution < 1.29 is 9.47 Å². The second-order valence-corrected chi connectivity index (χ2v) is 5.71. The van der Waals surface area contributed by atoms with E-state index in [4.69, 9.17) is 9.47 Å². The number of guanidine groups is 1. The highest BCUT2D eigenvalue weighted by Crippen LogP contribution is 2.24.